The summed E-state index contributed by atoms with van der Waals surface area (Å²) in [5, 5.41) is 0. The monoisotopic (exact) mass is 292 g/mol. The van der Waals surface area contributed by atoms with Gasteiger partial charge in [0.1, 0.15) is 0 Å². The van der Waals surface area contributed by atoms with Gasteiger partial charge in [-0.05, 0) is 79.9 Å². The average molecular weight is 292 g/mol. The van der Waals surface area contributed by atoms with E-state index in [2.05, 4.69) is 6.92 Å². The van der Waals surface area contributed by atoms with E-state index in [4.69, 9.17) is 0 Å². The highest BCUT2D eigenvalue weighted by atomic mass is 19.2. The van der Waals surface area contributed by atoms with E-state index in [-0.39, 0.29) is 0 Å². The molecule has 0 unspecified atom stereocenters. The average Bonchev–Trinajstić information content (AvgIpc) is 2.51. The largest absolute Gasteiger partial charge is 0.204 e. The molecule has 0 aliphatic heterocycles. The Hall–Kier alpha value is -0.920. The lowest BCUT2D eigenvalue weighted by atomic mass is 9.68. The van der Waals surface area contributed by atoms with E-state index in [9.17, 15) is 8.78 Å². The van der Waals surface area contributed by atoms with Gasteiger partial charge in [0.15, 0.2) is 11.6 Å². The summed E-state index contributed by atoms with van der Waals surface area (Å²) in [5.74, 6) is 1.71. The van der Waals surface area contributed by atoms with Crippen LogP contribution in [-0.4, -0.2) is 0 Å². The van der Waals surface area contributed by atoms with Crippen molar-refractivity contribution < 1.29 is 8.78 Å². The summed E-state index contributed by atoms with van der Waals surface area (Å²) in [4.78, 5) is 0. The summed E-state index contributed by atoms with van der Waals surface area (Å²) in [6.07, 6.45) is 10.4. The quantitative estimate of drug-likeness (QED) is 0.621. The SMILES string of the molecule is CC1CCC(C2CCC(c3ccc(F)c(F)c3)CC2)CC1. The van der Waals surface area contributed by atoms with Crippen LogP contribution in [0.2, 0.25) is 0 Å². The van der Waals surface area contributed by atoms with Gasteiger partial charge in [0.2, 0.25) is 0 Å². The Kier molecular flexibility index (Phi) is 4.61. The molecule has 0 atom stereocenters. The van der Waals surface area contributed by atoms with Crippen molar-refractivity contribution in [1.82, 2.24) is 0 Å². The molecule has 0 N–H and O–H groups in total. The molecule has 2 aliphatic carbocycles. The number of hydrogen-bond acceptors (Lipinski definition) is 0. The fourth-order valence-electron chi connectivity index (χ4n) is 4.45. The van der Waals surface area contributed by atoms with Crippen LogP contribution in [0.25, 0.3) is 0 Å². The first-order valence-corrected chi connectivity index (χ1v) is 8.58. The molecular formula is C19H26F2. The molecule has 0 saturated heterocycles. The van der Waals surface area contributed by atoms with Crippen LogP contribution in [0.5, 0.6) is 0 Å². The predicted molar refractivity (Wildman–Crippen MR) is 82.2 cm³/mol. The van der Waals surface area contributed by atoms with Crippen molar-refractivity contribution in [3.05, 3.63) is 35.4 Å². The van der Waals surface area contributed by atoms with Crippen LogP contribution in [0.1, 0.15) is 69.8 Å². The number of halogens is 2. The second-order valence-corrected chi connectivity index (χ2v) is 7.31. The van der Waals surface area contributed by atoms with Gasteiger partial charge in [-0.25, -0.2) is 8.78 Å². The van der Waals surface area contributed by atoms with Gasteiger partial charge in [-0.2, -0.15) is 0 Å². The van der Waals surface area contributed by atoms with Crippen molar-refractivity contribution in [3.8, 4) is 0 Å². The van der Waals surface area contributed by atoms with E-state index in [1.807, 2.05) is 0 Å². The molecule has 2 saturated carbocycles. The molecular weight excluding hydrogens is 266 g/mol. The van der Waals surface area contributed by atoms with Gasteiger partial charge in [0, 0.05) is 0 Å². The van der Waals surface area contributed by atoms with Gasteiger partial charge in [-0.1, -0.05) is 25.8 Å². The molecule has 0 bridgehead atoms. The number of benzene rings is 1. The minimum absolute atomic E-state index is 0.430. The Balaban J connectivity index is 1.56. The van der Waals surface area contributed by atoms with Crippen LogP contribution in [0.4, 0.5) is 8.78 Å². The summed E-state index contributed by atoms with van der Waals surface area (Å²) in [6.45, 7) is 2.37. The van der Waals surface area contributed by atoms with Crippen molar-refractivity contribution in [3.63, 3.8) is 0 Å². The zero-order chi connectivity index (χ0) is 14.8. The Morgan fingerprint density at radius 3 is 1.90 bits per heavy atom. The van der Waals surface area contributed by atoms with Crippen molar-refractivity contribution in [2.24, 2.45) is 17.8 Å². The Morgan fingerprint density at radius 2 is 1.33 bits per heavy atom. The van der Waals surface area contributed by atoms with Crippen molar-refractivity contribution in [2.45, 2.75) is 64.2 Å². The van der Waals surface area contributed by atoms with Crippen LogP contribution >= 0.6 is 0 Å². The lowest BCUT2D eigenvalue weighted by Gasteiger charge is -2.37. The highest BCUT2D eigenvalue weighted by molar-refractivity contribution is 5.22. The molecule has 0 spiro atoms. The maximum Gasteiger partial charge on any atom is 0.159 e. The van der Waals surface area contributed by atoms with E-state index in [1.54, 1.807) is 6.07 Å². The third-order valence-corrected chi connectivity index (χ3v) is 5.91. The van der Waals surface area contributed by atoms with Crippen LogP contribution in [0.3, 0.4) is 0 Å². The van der Waals surface area contributed by atoms with E-state index < -0.39 is 11.6 Å². The zero-order valence-corrected chi connectivity index (χ0v) is 13.0. The molecule has 1 aromatic rings. The fraction of sp³-hybridized carbons (Fsp3) is 0.684. The Labute approximate surface area is 126 Å². The second kappa shape index (κ2) is 6.46. The zero-order valence-electron chi connectivity index (χ0n) is 13.0. The molecule has 0 amide bonds. The molecule has 2 aliphatic rings. The third-order valence-electron chi connectivity index (χ3n) is 5.91. The molecule has 2 heteroatoms. The fourth-order valence-corrected chi connectivity index (χ4v) is 4.45. The molecule has 0 nitrogen and oxygen atoms in total. The summed E-state index contributed by atoms with van der Waals surface area (Å²) in [5.41, 5.74) is 0.990. The van der Waals surface area contributed by atoms with Gasteiger partial charge in [0.05, 0.1) is 0 Å². The molecule has 21 heavy (non-hydrogen) atoms. The second-order valence-electron chi connectivity index (χ2n) is 7.31. The normalized spacial score (nSPS) is 33.9. The third kappa shape index (κ3) is 3.46. The van der Waals surface area contributed by atoms with Crippen molar-refractivity contribution >= 4 is 0 Å². The van der Waals surface area contributed by atoms with Crippen molar-refractivity contribution in [2.75, 3.05) is 0 Å². The first kappa shape index (κ1) is 15.0. The minimum atomic E-state index is -0.733. The molecule has 2 fully saturated rings. The van der Waals surface area contributed by atoms with Crippen molar-refractivity contribution in [1.29, 1.82) is 0 Å². The minimum Gasteiger partial charge on any atom is -0.204 e. The van der Waals surface area contributed by atoms with E-state index in [1.165, 1.54) is 50.7 Å². The molecule has 0 radical (unpaired) electrons. The maximum atomic E-state index is 13.4. The Morgan fingerprint density at radius 1 is 0.762 bits per heavy atom. The van der Waals surface area contributed by atoms with Gasteiger partial charge in [0.25, 0.3) is 0 Å². The van der Waals surface area contributed by atoms with Crippen LogP contribution < -0.4 is 0 Å². The molecule has 0 aromatic heterocycles. The van der Waals surface area contributed by atoms with Crippen LogP contribution in [-0.2, 0) is 0 Å². The predicted octanol–water partition coefficient (Wildman–Crippen LogP) is 6.06. The summed E-state index contributed by atoms with van der Waals surface area (Å²) < 4.78 is 26.4. The highest BCUT2D eigenvalue weighted by Gasteiger charge is 2.30. The van der Waals surface area contributed by atoms with Gasteiger partial charge >= 0.3 is 0 Å². The van der Waals surface area contributed by atoms with Crippen LogP contribution in [0.15, 0.2) is 18.2 Å². The van der Waals surface area contributed by atoms with E-state index in [0.29, 0.717) is 5.92 Å². The lowest BCUT2D eigenvalue weighted by Crippen LogP contribution is -2.24. The molecule has 1 aromatic carbocycles. The first-order valence-electron chi connectivity index (χ1n) is 8.58. The maximum absolute atomic E-state index is 13.4. The lowest BCUT2D eigenvalue weighted by molar-refractivity contribution is 0.165. The summed E-state index contributed by atoms with van der Waals surface area (Å²) >= 11 is 0. The van der Waals surface area contributed by atoms with E-state index >= 15 is 0 Å². The molecule has 3 rings (SSSR count). The summed E-state index contributed by atoms with van der Waals surface area (Å²) in [7, 11) is 0. The first-order chi connectivity index (χ1) is 10.1. The van der Waals surface area contributed by atoms with E-state index in [0.717, 1.165) is 36.2 Å². The highest BCUT2D eigenvalue weighted by Crippen LogP contribution is 2.43. The van der Waals surface area contributed by atoms with Gasteiger partial charge in [-0.15, -0.1) is 0 Å². The van der Waals surface area contributed by atoms with Gasteiger partial charge < -0.3 is 0 Å². The molecule has 0 heterocycles. The summed E-state index contributed by atoms with van der Waals surface area (Å²) in [6, 6.07) is 4.45. The topological polar surface area (TPSA) is 0 Å². The molecule has 116 valence electrons. The van der Waals surface area contributed by atoms with Gasteiger partial charge in [-0.3, -0.25) is 0 Å². The van der Waals surface area contributed by atoms with Crippen LogP contribution in [0, 0.1) is 29.4 Å². The Bertz CT molecular complexity index is 466. The number of hydrogen-bond donors (Lipinski definition) is 0. The number of rotatable bonds is 2. The smallest absolute Gasteiger partial charge is 0.159 e. The standard InChI is InChI=1S/C19H26F2/c1-13-2-4-14(5-3-13)15-6-8-16(9-7-15)17-10-11-18(20)19(21)12-17/h10-16H,2-9H2,1H3.